The van der Waals surface area contributed by atoms with Gasteiger partial charge >= 0.3 is 11.8 Å². The van der Waals surface area contributed by atoms with Crippen LogP contribution >= 0.6 is 11.3 Å². The van der Waals surface area contributed by atoms with Gasteiger partial charge in [0.15, 0.2) is 0 Å². The van der Waals surface area contributed by atoms with Crippen molar-refractivity contribution in [3.8, 4) is 0 Å². The Balaban J connectivity index is 1.34. The van der Waals surface area contributed by atoms with E-state index in [4.69, 9.17) is 0 Å². The van der Waals surface area contributed by atoms with Crippen LogP contribution in [0.15, 0.2) is 47.8 Å². The predicted molar refractivity (Wildman–Crippen MR) is 109 cm³/mol. The van der Waals surface area contributed by atoms with E-state index < -0.39 is 11.8 Å². The molecule has 2 aromatic rings. The molecule has 7 heteroatoms. The summed E-state index contributed by atoms with van der Waals surface area (Å²) in [5.74, 6) is -1.06. The molecule has 0 spiro atoms. The SMILES string of the molecule is O=C(NCC(=O)N1CCC(Cc2ccccc2)CC1)C(=O)NCc1cccs1. The second kappa shape index (κ2) is 10.0. The van der Waals surface area contributed by atoms with E-state index in [2.05, 4.69) is 22.8 Å². The lowest BCUT2D eigenvalue weighted by Gasteiger charge is -2.32. The van der Waals surface area contributed by atoms with Gasteiger partial charge in [-0.15, -0.1) is 11.3 Å². The largest absolute Gasteiger partial charge is 0.343 e. The fourth-order valence-electron chi connectivity index (χ4n) is 3.34. The number of hydrogen-bond acceptors (Lipinski definition) is 4. The van der Waals surface area contributed by atoms with Crippen molar-refractivity contribution in [3.05, 3.63) is 58.3 Å². The summed E-state index contributed by atoms with van der Waals surface area (Å²) in [7, 11) is 0. The van der Waals surface area contributed by atoms with E-state index in [0.717, 1.165) is 24.1 Å². The van der Waals surface area contributed by atoms with Gasteiger partial charge in [0.2, 0.25) is 5.91 Å². The number of piperidine rings is 1. The Morgan fingerprint density at radius 3 is 2.36 bits per heavy atom. The molecule has 2 heterocycles. The summed E-state index contributed by atoms with van der Waals surface area (Å²) in [6.45, 7) is 1.55. The zero-order chi connectivity index (χ0) is 19.8. The topological polar surface area (TPSA) is 78.5 Å². The zero-order valence-electron chi connectivity index (χ0n) is 15.7. The maximum Gasteiger partial charge on any atom is 0.309 e. The molecule has 2 N–H and O–H groups in total. The lowest BCUT2D eigenvalue weighted by Crippen LogP contribution is -2.47. The Morgan fingerprint density at radius 2 is 1.68 bits per heavy atom. The van der Waals surface area contributed by atoms with Gasteiger partial charge in [-0.1, -0.05) is 36.4 Å². The fourth-order valence-corrected chi connectivity index (χ4v) is 3.99. The number of benzene rings is 1. The highest BCUT2D eigenvalue weighted by Gasteiger charge is 2.23. The third-order valence-corrected chi connectivity index (χ3v) is 5.82. The molecule has 0 saturated carbocycles. The van der Waals surface area contributed by atoms with Crippen LogP contribution in [0.3, 0.4) is 0 Å². The van der Waals surface area contributed by atoms with E-state index in [1.54, 1.807) is 4.90 Å². The zero-order valence-corrected chi connectivity index (χ0v) is 16.5. The molecular weight excluding hydrogens is 374 g/mol. The Labute approximate surface area is 168 Å². The molecule has 148 valence electrons. The van der Waals surface area contributed by atoms with Gasteiger partial charge in [0.25, 0.3) is 0 Å². The molecule has 1 fully saturated rings. The number of thiophene rings is 1. The standard InChI is InChI=1S/C21H25N3O3S/c25-19(15-23-21(27)20(26)22-14-18-7-4-12-28-18)24-10-8-17(9-11-24)13-16-5-2-1-3-6-16/h1-7,12,17H,8-11,13-15H2,(H,22,26)(H,23,27). The van der Waals surface area contributed by atoms with Crippen LogP contribution in [0.25, 0.3) is 0 Å². The minimum Gasteiger partial charge on any atom is -0.343 e. The Kier molecular flexibility index (Phi) is 7.19. The van der Waals surface area contributed by atoms with Crippen molar-refractivity contribution in [2.24, 2.45) is 5.92 Å². The second-order valence-electron chi connectivity index (χ2n) is 6.96. The number of carbonyl (C=O) groups is 3. The van der Waals surface area contributed by atoms with Gasteiger partial charge in [-0.25, -0.2) is 0 Å². The van der Waals surface area contributed by atoms with E-state index in [1.165, 1.54) is 16.9 Å². The molecule has 0 atom stereocenters. The Morgan fingerprint density at radius 1 is 0.964 bits per heavy atom. The van der Waals surface area contributed by atoms with Crippen LogP contribution in [0.5, 0.6) is 0 Å². The minimum absolute atomic E-state index is 0.141. The highest BCUT2D eigenvalue weighted by atomic mass is 32.1. The lowest BCUT2D eigenvalue weighted by molar-refractivity contribution is -0.140. The normalized spacial score (nSPS) is 14.5. The first-order valence-electron chi connectivity index (χ1n) is 9.52. The average Bonchev–Trinajstić information content (AvgIpc) is 3.25. The van der Waals surface area contributed by atoms with E-state index >= 15 is 0 Å². The first-order valence-corrected chi connectivity index (χ1v) is 10.4. The first-order chi connectivity index (χ1) is 13.6. The van der Waals surface area contributed by atoms with Gasteiger partial charge < -0.3 is 15.5 Å². The molecule has 0 aliphatic carbocycles. The maximum atomic E-state index is 12.3. The van der Waals surface area contributed by atoms with Crippen molar-refractivity contribution in [1.82, 2.24) is 15.5 Å². The van der Waals surface area contributed by atoms with E-state index in [9.17, 15) is 14.4 Å². The van der Waals surface area contributed by atoms with Gasteiger partial charge in [0.05, 0.1) is 13.1 Å². The molecule has 3 amide bonds. The molecule has 1 aromatic heterocycles. The van der Waals surface area contributed by atoms with E-state index in [-0.39, 0.29) is 12.5 Å². The van der Waals surface area contributed by atoms with Gasteiger partial charge in [0.1, 0.15) is 0 Å². The molecule has 6 nitrogen and oxygen atoms in total. The summed E-state index contributed by atoms with van der Waals surface area (Å²) in [6, 6.07) is 14.1. The molecule has 1 aliphatic heterocycles. The second-order valence-corrected chi connectivity index (χ2v) is 7.99. The highest BCUT2D eigenvalue weighted by Crippen LogP contribution is 2.21. The quantitative estimate of drug-likeness (QED) is 0.729. The van der Waals surface area contributed by atoms with Crippen molar-refractivity contribution >= 4 is 29.1 Å². The van der Waals surface area contributed by atoms with Gasteiger partial charge in [-0.05, 0) is 42.2 Å². The van der Waals surface area contributed by atoms with E-state index in [1.807, 2.05) is 35.7 Å². The number of likely N-dealkylation sites (tertiary alicyclic amines) is 1. The monoisotopic (exact) mass is 399 g/mol. The van der Waals surface area contributed by atoms with Crippen LogP contribution in [-0.2, 0) is 27.3 Å². The highest BCUT2D eigenvalue weighted by molar-refractivity contribution is 7.09. The summed E-state index contributed by atoms with van der Waals surface area (Å²) >= 11 is 1.51. The number of nitrogens with zero attached hydrogens (tertiary/aromatic N) is 1. The Bertz CT molecular complexity index is 784. The maximum absolute atomic E-state index is 12.3. The van der Waals surface area contributed by atoms with Crippen molar-refractivity contribution in [3.63, 3.8) is 0 Å². The predicted octanol–water partition coefficient (Wildman–Crippen LogP) is 1.96. The average molecular weight is 400 g/mol. The molecule has 1 aromatic carbocycles. The summed E-state index contributed by atoms with van der Waals surface area (Å²) in [5, 5.41) is 6.88. The van der Waals surface area contributed by atoms with Gasteiger partial charge in [-0.2, -0.15) is 0 Å². The summed E-state index contributed by atoms with van der Waals surface area (Å²) < 4.78 is 0. The number of nitrogens with one attached hydrogen (secondary N) is 2. The van der Waals surface area contributed by atoms with E-state index in [0.29, 0.717) is 25.6 Å². The van der Waals surface area contributed by atoms with Crippen LogP contribution in [0.1, 0.15) is 23.3 Å². The summed E-state index contributed by atoms with van der Waals surface area (Å²) in [6.07, 6.45) is 2.94. The third-order valence-electron chi connectivity index (χ3n) is 4.94. The smallest absolute Gasteiger partial charge is 0.309 e. The van der Waals surface area contributed by atoms with Crippen LogP contribution in [0, 0.1) is 5.92 Å². The van der Waals surface area contributed by atoms with Crippen molar-refractivity contribution in [2.45, 2.75) is 25.8 Å². The van der Waals surface area contributed by atoms with Gasteiger partial charge in [-0.3, -0.25) is 14.4 Å². The molecule has 0 radical (unpaired) electrons. The number of amides is 3. The Hall–Kier alpha value is -2.67. The van der Waals surface area contributed by atoms with Crippen molar-refractivity contribution in [2.75, 3.05) is 19.6 Å². The lowest BCUT2D eigenvalue weighted by atomic mass is 9.90. The molecular formula is C21H25N3O3S. The third kappa shape index (κ3) is 5.92. The summed E-state index contributed by atoms with van der Waals surface area (Å²) in [4.78, 5) is 38.7. The number of hydrogen-bond donors (Lipinski definition) is 2. The van der Waals surface area contributed by atoms with Crippen molar-refractivity contribution < 1.29 is 14.4 Å². The van der Waals surface area contributed by atoms with Gasteiger partial charge in [0, 0.05) is 18.0 Å². The van der Waals surface area contributed by atoms with Crippen LogP contribution < -0.4 is 10.6 Å². The first kappa shape index (κ1) is 20.1. The minimum atomic E-state index is -0.774. The van der Waals surface area contributed by atoms with Crippen LogP contribution in [0.4, 0.5) is 0 Å². The van der Waals surface area contributed by atoms with Crippen molar-refractivity contribution in [1.29, 1.82) is 0 Å². The molecule has 3 rings (SSSR count). The summed E-state index contributed by atoms with van der Waals surface area (Å²) in [5.41, 5.74) is 1.33. The molecule has 28 heavy (non-hydrogen) atoms. The molecule has 1 saturated heterocycles. The molecule has 0 unspecified atom stereocenters. The van der Waals surface area contributed by atoms with Crippen LogP contribution in [-0.4, -0.2) is 42.3 Å². The molecule has 1 aliphatic rings. The number of rotatable bonds is 6. The number of carbonyl (C=O) groups excluding carboxylic acids is 3. The molecule has 0 bridgehead atoms. The fraction of sp³-hybridized carbons (Fsp3) is 0.381. The van der Waals surface area contributed by atoms with Crippen LogP contribution in [0.2, 0.25) is 0 Å².